The van der Waals surface area contributed by atoms with Crippen molar-refractivity contribution in [3.63, 3.8) is 0 Å². The molecule has 0 N–H and O–H groups in total. The molecular weight excluding hydrogens is 321 g/mol. The van der Waals surface area contributed by atoms with Gasteiger partial charge in [-0.05, 0) is 35.9 Å². The van der Waals surface area contributed by atoms with E-state index in [0.717, 1.165) is 5.56 Å². The summed E-state index contributed by atoms with van der Waals surface area (Å²) in [5, 5.41) is 7.88. The minimum Gasteiger partial charge on any atom is -0.284 e. The zero-order valence-electron chi connectivity index (χ0n) is 13.4. The van der Waals surface area contributed by atoms with E-state index in [1.807, 2.05) is 12.1 Å². The number of hydrogen-bond acceptors (Lipinski definition) is 4. The van der Waals surface area contributed by atoms with Gasteiger partial charge in [-0.1, -0.05) is 12.1 Å². The molecule has 0 saturated carbocycles. The van der Waals surface area contributed by atoms with Crippen LogP contribution in [-0.4, -0.2) is 24.3 Å². The van der Waals surface area contributed by atoms with Gasteiger partial charge in [0.05, 0.1) is 17.8 Å². The molecule has 6 nitrogen and oxygen atoms in total. The number of pyridine rings is 1. The first kappa shape index (κ1) is 15.2. The third-order valence-corrected chi connectivity index (χ3v) is 4.08. The van der Waals surface area contributed by atoms with Crippen molar-refractivity contribution in [3.8, 4) is 11.1 Å². The second kappa shape index (κ2) is 5.94. The molecule has 0 bridgehead atoms. The Labute approximate surface area is 142 Å². The van der Waals surface area contributed by atoms with Crippen molar-refractivity contribution in [2.45, 2.75) is 6.54 Å². The number of aryl methyl sites for hydroxylation is 1. The van der Waals surface area contributed by atoms with E-state index in [4.69, 9.17) is 0 Å². The van der Waals surface area contributed by atoms with E-state index in [1.165, 1.54) is 16.7 Å². The molecule has 1 aromatic carbocycles. The van der Waals surface area contributed by atoms with Crippen molar-refractivity contribution in [1.29, 1.82) is 0 Å². The van der Waals surface area contributed by atoms with E-state index in [-0.39, 0.29) is 18.1 Å². The second-order valence-corrected chi connectivity index (χ2v) is 5.72. The summed E-state index contributed by atoms with van der Waals surface area (Å²) < 4.78 is 16.6. The Morgan fingerprint density at radius 3 is 2.76 bits per heavy atom. The van der Waals surface area contributed by atoms with E-state index in [2.05, 4.69) is 15.2 Å². The normalized spacial score (nSPS) is 11.1. The van der Waals surface area contributed by atoms with Gasteiger partial charge in [0.25, 0.3) is 0 Å². The smallest absolute Gasteiger partial charge is 0.284 e. The van der Waals surface area contributed by atoms with Gasteiger partial charge in [-0.15, -0.1) is 0 Å². The Bertz CT molecular complexity index is 1120. The summed E-state index contributed by atoms with van der Waals surface area (Å²) in [4.78, 5) is 17.0. The second-order valence-electron chi connectivity index (χ2n) is 5.72. The lowest BCUT2D eigenvalue weighted by Gasteiger charge is -2.05. The topological polar surface area (TPSA) is 65.6 Å². The molecule has 0 unspecified atom stereocenters. The molecule has 124 valence electrons. The van der Waals surface area contributed by atoms with Crippen molar-refractivity contribution in [2.75, 3.05) is 0 Å². The molecular formula is C18H14FN5O. The van der Waals surface area contributed by atoms with Gasteiger partial charge in [0.2, 0.25) is 0 Å². The maximum absolute atomic E-state index is 13.5. The highest BCUT2D eigenvalue weighted by Gasteiger charge is 2.14. The number of benzene rings is 1. The summed E-state index contributed by atoms with van der Waals surface area (Å²) in [5.41, 5.74) is 3.16. The quantitative estimate of drug-likeness (QED) is 0.576. The SMILES string of the molecule is Cn1c(=O)n(Cc2cccnn2)c2cc(-c3cccc(F)c3)cnc21. The van der Waals surface area contributed by atoms with Crippen LogP contribution < -0.4 is 5.69 Å². The van der Waals surface area contributed by atoms with Gasteiger partial charge >= 0.3 is 5.69 Å². The van der Waals surface area contributed by atoms with Crippen LogP contribution in [0.1, 0.15) is 5.69 Å². The number of imidazole rings is 1. The highest BCUT2D eigenvalue weighted by Crippen LogP contribution is 2.23. The lowest BCUT2D eigenvalue weighted by molar-refractivity contribution is 0.628. The number of halogens is 1. The molecule has 4 rings (SSSR count). The molecule has 3 aromatic heterocycles. The average molecular weight is 335 g/mol. The van der Waals surface area contributed by atoms with E-state index in [1.54, 1.807) is 42.2 Å². The van der Waals surface area contributed by atoms with Crippen molar-refractivity contribution in [3.05, 3.63) is 76.9 Å². The number of nitrogens with zero attached hydrogens (tertiary/aromatic N) is 5. The first-order valence-electron chi connectivity index (χ1n) is 7.71. The van der Waals surface area contributed by atoms with Gasteiger partial charge < -0.3 is 0 Å². The van der Waals surface area contributed by atoms with Crippen LogP contribution in [-0.2, 0) is 13.6 Å². The van der Waals surface area contributed by atoms with Gasteiger partial charge in [0.15, 0.2) is 5.65 Å². The Kier molecular flexibility index (Phi) is 3.61. The van der Waals surface area contributed by atoms with E-state index < -0.39 is 0 Å². The fourth-order valence-corrected chi connectivity index (χ4v) is 2.84. The first-order valence-corrected chi connectivity index (χ1v) is 7.71. The minimum atomic E-state index is -0.317. The van der Waals surface area contributed by atoms with Crippen LogP contribution in [0.25, 0.3) is 22.3 Å². The standard InChI is InChI=1S/C18H14FN5O/c1-23-17-16(24(18(23)25)11-15-6-3-7-21-22-15)9-13(10-20-17)12-4-2-5-14(19)8-12/h2-10H,11H2,1H3. The summed E-state index contributed by atoms with van der Waals surface area (Å²) in [5.74, 6) is -0.317. The monoisotopic (exact) mass is 335 g/mol. The zero-order chi connectivity index (χ0) is 17.4. The molecule has 0 saturated heterocycles. The van der Waals surface area contributed by atoms with Crippen molar-refractivity contribution < 1.29 is 4.39 Å². The number of hydrogen-bond donors (Lipinski definition) is 0. The van der Waals surface area contributed by atoms with Crippen molar-refractivity contribution >= 4 is 11.2 Å². The lowest BCUT2D eigenvalue weighted by atomic mass is 10.1. The summed E-state index contributed by atoms with van der Waals surface area (Å²) >= 11 is 0. The molecule has 7 heteroatoms. The summed E-state index contributed by atoms with van der Waals surface area (Å²) in [7, 11) is 1.67. The van der Waals surface area contributed by atoms with Crippen LogP contribution in [0.2, 0.25) is 0 Å². The maximum Gasteiger partial charge on any atom is 0.330 e. The minimum absolute atomic E-state index is 0.190. The molecule has 0 radical (unpaired) electrons. The first-order chi connectivity index (χ1) is 12.1. The molecule has 25 heavy (non-hydrogen) atoms. The van der Waals surface area contributed by atoms with Gasteiger partial charge in [-0.2, -0.15) is 10.2 Å². The third-order valence-electron chi connectivity index (χ3n) is 4.08. The van der Waals surface area contributed by atoms with Gasteiger partial charge in [-0.3, -0.25) is 9.13 Å². The van der Waals surface area contributed by atoms with Gasteiger partial charge in [-0.25, -0.2) is 14.2 Å². The number of rotatable bonds is 3. The molecule has 0 spiro atoms. The van der Waals surface area contributed by atoms with Crippen LogP contribution in [0.3, 0.4) is 0 Å². The van der Waals surface area contributed by atoms with Crippen LogP contribution in [0, 0.1) is 5.82 Å². The Balaban J connectivity index is 1.89. The molecule has 0 amide bonds. The van der Waals surface area contributed by atoms with Crippen molar-refractivity contribution in [2.24, 2.45) is 7.05 Å². The predicted molar refractivity (Wildman–Crippen MR) is 91.5 cm³/mol. The van der Waals surface area contributed by atoms with E-state index in [0.29, 0.717) is 22.4 Å². The average Bonchev–Trinajstić information content (AvgIpc) is 2.87. The van der Waals surface area contributed by atoms with Crippen LogP contribution >= 0.6 is 0 Å². The number of aromatic nitrogens is 5. The van der Waals surface area contributed by atoms with E-state index >= 15 is 0 Å². The summed E-state index contributed by atoms with van der Waals surface area (Å²) in [6, 6.07) is 11.7. The van der Waals surface area contributed by atoms with Gasteiger partial charge in [0.1, 0.15) is 5.82 Å². The van der Waals surface area contributed by atoms with E-state index in [9.17, 15) is 9.18 Å². The van der Waals surface area contributed by atoms with Crippen LogP contribution in [0.4, 0.5) is 4.39 Å². The summed E-state index contributed by atoms with van der Waals surface area (Å²) in [6.45, 7) is 0.290. The largest absolute Gasteiger partial charge is 0.330 e. The van der Waals surface area contributed by atoms with Crippen LogP contribution in [0.5, 0.6) is 0 Å². The molecule has 0 aliphatic heterocycles. The van der Waals surface area contributed by atoms with Gasteiger partial charge in [0, 0.05) is 25.0 Å². The van der Waals surface area contributed by atoms with Crippen LogP contribution in [0.15, 0.2) is 59.7 Å². The Hall–Kier alpha value is -3.35. The fourth-order valence-electron chi connectivity index (χ4n) is 2.84. The Morgan fingerprint density at radius 1 is 1.12 bits per heavy atom. The lowest BCUT2D eigenvalue weighted by Crippen LogP contribution is -2.23. The fraction of sp³-hybridized carbons (Fsp3) is 0.111. The molecule has 0 aliphatic carbocycles. The molecule has 0 atom stereocenters. The van der Waals surface area contributed by atoms with Crippen molar-refractivity contribution in [1.82, 2.24) is 24.3 Å². The Morgan fingerprint density at radius 2 is 2.00 bits per heavy atom. The zero-order valence-corrected chi connectivity index (χ0v) is 13.4. The third kappa shape index (κ3) is 2.69. The highest BCUT2D eigenvalue weighted by molar-refractivity contribution is 5.78. The molecule has 0 fully saturated rings. The summed E-state index contributed by atoms with van der Waals surface area (Å²) in [6.07, 6.45) is 3.22. The number of fused-ring (bicyclic) bond motifs is 1. The molecule has 3 heterocycles. The predicted octanol–water partition coefficient (Wildman–Crippen LogP) is 2.38. The maximum atomic E-state index is 13.5. The highest BCUT2D eigenvalue weighted by atomic mass is 19.1. The molecule has 0 aliphatic rings. The molecule has 4 aromatic rings.